The number of nitrogens with one attached hydrogen (secondary N) is 1. The molecule has 1 aliphatic carbocycles. The average Bonchev–Trinajstić information content (AvgIpc) is 2.98. The standard InChI is InChI=1S/C19H25BrN2OS/c1-3-17-19(24)22-18(21-17)16-11-14(20)7-6-13(16)10-12-4-8-15(23-2)9-5-12/h6-7,11-12,15,18H,3-5,8-10H2,1-2H3,(H,22,24). The zero-order valence-corrected chi connectivity index (χ0v) is 16.8. The molecule has 1 atom stereocenters. The summed E-state index contributed by atoms with van der Waals surface area (Å²) < 4.78 is 6.59. The number of ether oxygens (including phenoxy) is 1. The van der Waals surface area contributed by atoms with Crippen molar-refractivity contribution in [3.8, 4) is 0 Å². The van der Waals surface area contributed by atoms with Crippen LogP contribution in [0.1, 0.15) is 56.3 Å². The van der Waals surface area contributed by atoms with Crippen LogP contribution in [-0.2, 0) is 11.2 Å². The Morgan fingerprint density at radius 2 is 2.04 bits per heavy atom. The fourth-order valence-electron chi connectivity index (χ4n) is 3.74. The summed E-state index contributed by atoms with van der Waals surface area (Å²) in [4.78, 5) is 5.60. The van der Waals surface area contributed by atoms with E-state index in [9.17, 15) is 0 Å². The molecule has 0 aromatic heterocycles. The number of nitrogens with zero attached hydrogens (tertiary/aromatic N) is 1. The molecule has 1 saturated carbocycles. The second-order valence-corrected chi connectivity index (χ2v) is 8.05. The monoisotopic (exact) mass is 408 g/mol. The molecule has 0 radical (unpaired) electrons. The number of aliphatic imine (C=N–C) groups is 1. The van der Waals surface area contributed by atoms with E-state index >= 15 is 0 Å². The zero-order valence-electron chi connectivity index (χ0n) is 14.3. The Bertz CT molecular complexity index is 638. The summed E-state index contributed by atoms with van der Waals surface area (Å²) in [6.07, 6.45) is 7.26. The smallest absolute Gasteiger partial charge is 0.146 e. The highest BCUT2D eigenvalue weighted by Gasteiger charge is 2.26. The van der Waals surface area contributed by atoms with Gasteiger partial charge in [-0.3, -0.25) is 4.99 Å². The Kier molecular flexibility index (Phi) is 6.06. The number of halogens is 1. The van der Waals surface area contributed by atoms with E-state index in [-0.39, 0.29) is 6.17 Å². The molecule has 24 heavy (non-hydrogen) atoms. The lowest BCUT2D eigenvalue weighted by molar-refractivity contribution is 0.0568. The van der Waals surface area contributed by atoms with Crippen molar-refractivity contribution < 1.29 is 4.74 Å². The molecule has 3 rings (SSSR count). The number of rotatable bonds is 5. The number of methoxy groups -OCH3 is 1. The molecule has 1 N–H and O–H groups in total. The van der Waals surface area contributed by atoms with Gasteiger partial charge in [-0.15, -0.1) is 0 Å². The molecule has 0 bridgehead atoms. The lowest BCUT2D eigenvalue weighted by atomic mass is 9.82. The molecule has 0 amide bonds. The first-order valence-corrected chi connectivity index (χ1v) is 9.99. The average molecular weight is 409 g/mol. The minimum absolute atomic E-state index is 0.0322. The van der Waals surface area contributed by atoms with Crippen molar-refractivity contribution >= 4 is 38.8 Å². The van der Waals surface area contributed by atoms with Gasteiger partial charge in [-0.1, -0.05) is 41.1 Å². The SMILES string of the molecule is CCC1=NC(c2cc(Br)ccc2CC2CCC(OC)CC2)NC1=S. The van der Waals surface area contributed by atoms with Crippen LogP contribution in [0.3, 0.4) is 0 Å². The van der Waals surface area contributed by atoms with E-state index in [2.05, 4.69) is 46.4 Å². The topological polar surface area (TPSA) is 33.6 Å². The number of thiocarbonyl (C=S) groups is 1. The van der Waals surface area contributed by atoms with Crippen molar-refractivity contribution in [3.05, 3.63) is 33.8 Å². The minimum atomic E-state index is -0.0322. The van der Waals surface area contributed by atoms with Crippen molar-refractivity contribution in [3.63, 3.8) is 0 Å². The second kappa shape index (κ2) is 8.07. The van der Waals surface area contributed by atoms with Crippen LogP contribution in [0.5, 0.6) is 0 Å². The van der Waals surface area contributed by atoms with Gasteiger partial charge in [0.2, 0.25) is 0 Å². The van der Waals surface area contributed by atoms with Crippen LogP contribution in [0.15, 0.2) is 27.7 Å². The van der Waals surface area contributed by atoms with Crippen LogP contribution in [0.25, 0.3) is 0 Å². The summed E-state index contributed by atoms with van der Waals surface area (Å²) in [6, 6.07) is 6.57. The lowest BCUT2D eigenvalue weighted by Gasteiger charge is -2.28. The third-order valence-corrected chi connectivity index (χ3v) is 6.03. The molecule has 5 heteroatoms. The number of benzene rings is 1. The molecule has 2 aliphatic rings. The summed E-state index contributed by atoms with van der Waals surface area (Å²) in [5.41, 5.74) is 3.66. The number of hydrogen-bond donors (Lipinski definition) is 1. The van der Waals surface area contributed by atoms with Gasteiger partial charge in [-0.25, -0.2) is 0 Å². The van der Waals surface area contributed by atoms with Crippen molar-refractivity contribution in [2.45, 2.75) is 57.7 Å². The van der Waals surface area contributed by atoms with Crippen molar-refractivity contribution in [2.24, 2.45) is 10.9 Å². The van der Waals surface area contributed by atoms with Gasteiger partial charge in [0.05, 0.1) is 11.8 Å². The van der Waals surface area contributed by atoms with E-state index in [1.807, 2.05) is 7.11 Å². The largest absolute Gasteiger partial charge is 0.381 e. The van der Waals surface area contributed by atoms with E-state index in [0.717, 1.165) is 33.9 Å². The maximum atomic E-state index is 5.50. The van der Waals surface area contributed by atoms with E-state index in [1.54, 1.807) is 0 Å². The zero-order chi connectivity index (χ0) is 17.1. The van der Waals surface area contributed by atoms with Crippen LogP contribution < -0.4 is 5.32 Å². The highest BCUT2D eigenvalue weighted by atomic mass is 79.9. The molecule has 1 aromatic rings. The van der Waals surface area contributed by atoms with Crippen molar-refractivity contribution in [1.29, 1.82) is 0 Å². The van der Waals surface area contributed by atoms with Gasteiger partial charge in [0.15, 0.2) is 0 Å². The molecule has 130 valence electrons. The summed E-state index contributed by atoms with van der Waals surface area (Å²) in [5.74, 6) is 0.735. The van der Waals surface area contributed by atoms with Gasteiger partial charge in [0, 0.05) is 17.1 Å². The quantitative estimate of drug-likeness (QED) is 0.697. The first-order chi connectivity index (χ1) is 11.6. The van der Waals surface area contributed by atoms with E-state index in [4.69, 9.17) is 21.9 Å². The van der Waals surface area contributed by atoms with Gasteiger partial charge in [0.1, 0.15) is 11.2 Å². The van der Waals surface area contributed by atoms with E-state index in [1.165, 1.54) is 36.8 Å². The van der Waals surface area contributed by atoms with Crippen LogP contribution in [0.2, 0.25) is 0 Å². The Morgan fingerprint density at radius 3 is 2.67 bits per heavy atom. The molecule has 0 saturated heterocycles. The first kappa shape index (κ1) is 18.0. The Morgan fingerprint density at radius 1 is 1.29 bits per heavy atom. The van der Waals surface area contributed by atoms with E-state index < -0.39 is 0 Å². The third kappa shape index (κ3) is 4.06. The van der Waals surface area contributed by atoms with E-state index in [0.29, 0.717) is 6.10 Å². The second-order valence-electron chi connectivity index (χ2n) is 6.73. The highest BCUT2D eigenvalue weighted by molar-refractivity contribution is 9.10. The molecular formula is C19H25BrN2OS. The molecule has 1 heterocycles. The summed E-state index contributed by atoms with van der Waals surface area (Å²) in [6.45, 7) is 2.10. The number of hydrogen-bond acceptors (Lipinski definition) is 3. The molecular weight excluding hydrogens is 384 g/mol. The molecule has 1 aromatic carbocycles. The van der Waals surface area contributed by atoms with Gasteiger partial charge >= 0.3 is 0 Å². The first-order valence-electron chi connectivity index (χ1n) is 8.79. The fraction of sp³-hybridized carbons (Fsp3) is 0.579. The predicted molar refractivity (Wildman–Crippen MR) is 107 cm³/mol. The van der Waals surface area contributed by atoms with Crippen LogP contribution in [-0.4, -0.2) is 23.9 Å². The van der Waals surface area contributed by atoms with Gasteiger partial charge in [0.25, 0.3) is 0 Å². The Balaban J connectivity index is 1.77. The highest BCUT2D eigenvalue weighted by Crippen LogP contribution is 2.33. The maximum absolute atomic E-state index is 5.50. The summed E-state index contributed by atoms with van der Waals surface area (Å²) in [7, 11) is 1.83. The Labute approximate surface area is 158 Å². The molecule has 1 unspecified atom stereocenters. The van der Waals surface area contributed by atoms with Crippen LogP contribution >= 0.6 is 28.1 Å². The molecule has 3 nitrogen and oxygen atoms in total. The van der Waals surface area contributed by atoms with Gasteiger partial charge in [-0.05, 0) is 62.1 Å². The Hall–Kier alpha value is -0.780. The predicted octanol–water partition coefficient (Wildman–Crippen LogP) is 4.98. The van der Waals surface area contributed by atoms with Crippen molar-refractivity contribution in [1.82, 2.24) is 5.32 Å². The molecule has 1 aliphatic heterocycles. The molecule has 1 fully saturated rings. The fourth-order valence-corrected chi connectivity index (χ4v) is 4.43. The van der Waals surface area contributed by atoms with Crippen LogP contribution in [0, 0.1) is 5.92 Å². The summed E-state index contributed by atoms with van der Waals surface area (Å²) in [5, 5.41) is 3.38. The minimum Gasteiger partial charge on any atom is -0.381 e. The van der Waals surface area contributed by atoms with Gasteiger partial charge < -0.3 is 10.1 Å². The lowest BCUT2D eigenvalue weighted by Crippen LogP contribution is -2.24. The summed E-state index contributed by atoms with van der Waals surface area (Å²) >= 11 is 9.02. The third-order valence-electron chi connectivity index (χ3n) is 5.19. The van der Waals surface area contributed by atoms with Crippen LogP contribution in [0.4, 0.5) is 0 Å². The van der Waals surface area contributed by atoms with Gasteiger partial charge in [-0.2, -0.15) is 0 Å². The maximum Gasteiger partial charge on any atom is 0.146 e. The normalized spacial score (nSPS) is 27.0. The van der Waals surface area contributed by atoms with Crippen molar-refractivity contribution in [2.75, 3.05) is 7.11 Å². The molecule has 0 spiro atoms.